The number of rotatable bonds is 4. The van der Waals surface area contributed by atoms with Gasteiger partial charge in [-0.05, 0) is 0 Å². The van der Waals surface area contributed by atoms with Crippen LogP contribution in [0.2, 0.25) is 0 Å². The quantitative estimate of drug-likeness (QED) is 0.478. The maximum absolute atomic E-state index is 12.0. The first-order valence-electron chi connectivity index (χ1n) is 3.16. The molecule has 9 heavy (non-hydrogen) atoms. The van der Waals surface area contributed by atoms with Crippen LogP contribution in [0.1, 0.15) is 32.6 Å². The van der Waals surface area contributed by atoms with Gasteiger partial charge in [-0.1, -0.05) is 0 Å². The van der Waals surface area contributed by atoms with Crippen molar-refractivity contribution in [2.24, 2.45) is 0 Å². The molecular weight excluding hydrogens is 185 g/mol. The Balaban J connectivity index is 3.07. The van der Waals surface area contributed by atoms with E-state index in [9.17, 15) is 8.78 Å². The summed E-state index contributed by atoms with van der Waals surface area (Å²) in [5, 5.41) is 0. The van der Waals surface area contributed by atoms with Gasteiger partial charge < -0.3 is 0 Å². The van der Waals surface area contributed by atoms with Crippen LogP contribution < -0.4 is 0 Å². The summed E-state index contributed by atoms with van der Waals surface area (Å²) in [6.07, 6.45) is 2.56. The number of hydrogen-bond donors (Lipinski definition) is 0. The molecule has 0 N–H and O–H groups in total. The zero-order valence-electron chi connectivity index (χ0n) is 5.53. The fourth-order valence-corrected chi connectivity index (χ4v) is 0.919. The van der Waals surface area contributed by atoms with Gasteiger partial charge in [0, 0.05) is 0 Å². The van der Waals surface area contributed by atoms with Gasteiger partial charge in [0.05, 0.1) is 0 Å². The predicted molar refractivity (Wildman–Crippen MR) is 34.8 cm³/mol. The minimum absolute atomic E-state index is 0.0147. The zero-order chi connectivity index (χ0) is 7.33. The summed E-state index contributed by atoms with van der Waals surface area (Å²) in [5.41, 5.74) is 0. The molecule has 0 aliphatic heterocycles. The fraction of sp³-hybridized carbons (Fsp3) is 1.00. The third-order valence-electron chi connectivity index (χ3n) is 1.08. The second-order valence-electron chi connectivity index (χ2n) is 2.12. The Bertz CT molecular complexity index is 67.9. The zero-order valence-corrected chi connectivity index (χ0v) is 7.41. The Labute approximate surface area is 63.5 Å². The second kappa shape index (κ2) is 4.27. The molecule has 53 valence electrons. The topological polar surface area (TPSA) is 0 Å². The molecule has 0 aliphatic rings. The van der Waals surface area contributed by atoms with E-state index in [4.69, 9.17) is 0 Å². The van der Waals surface area contributed by atoms with Crippen LogP contribution in [0.3, 0.4) is 0 Å². The van der Waals surface area contributed by atoms with Crippen LogP contribution in [0.5, 0.6) is 0 Å². The summed E-state index contributed by atoms with van der Waals surface area (Å²) in [4.78, 5) is 0. The Morgan fingerprint density at radius 3 is 2.22 bits per heavy atom. The normalized spacial score (nSPS) is 12.0. The van der Waals surface area contributed by atoms with Crippen LogP contribution in [-0.2, 0) is 0 Å². The molecule has 0 spiro atoms. The van der Waals surface area contributed by atoms with Gasteiger partial charge in [-0.3, -0.25) is 0 Å². The van der Waals surface area contributed by atoms with Crippen LogP contribution >= 0.6 is 0 Å². The van der Waals surface area contributed by atoms with Crippen molar-refractivity contribution >= 4 is 16.9 Å². The van der Waals surface area contributed by atoms with E-state index >= 15 is 0 Å². The summed E-state index contributed by atoms with van der Waals surface area (Å²) in [6, 6.07) is 0. The van der Waals surface area contributed by atoms with Crippen molar-refractivity contribution in [2.45, 2.75) is 37.3 Å². The van der Waals surface area contributed by atoms with Crippen molar-refractivity contribution in [3.05, 3.63) is 0 Å². The van der Waals surface area contributed by atoms with Crippen molar-refractivity contribution < 1.29 is 8.78 Å². The molecule has 0 atom stereocenters. The van der Waals surface area contributed by atoms with Gasteiger partial charge in [-0.2, -0.15) is 0 Å². The monoisotopic (exact) mass is 196 g/mol. The predicted octanol–water partition coefficient (Wildman–Crippen LogP) is 2.33. The van der Waals surface area contributed by atoms with Crippen molar-refractivity contribution in [3.8, 4) is 0 Å². The average molecular weight is 196 g/mol. The van der Waals surface area contributed by atoms with Crippen LogP contribution in [0.4, 0.5) is 8.78 Å². The Hall–Kier alpha value is 0.418. The van der Waals surface area contributed by atoms with Crippen LogP contribution in [-0.4, -0.2) is 21.6 Å². The number of unbranched alkanes of at least 4 members (excludes halogenated alkanes) is 2. The van der Waals surface area contributed by atoms with Gasteiger partial charge in [0.2, 0.25) is 0 Å². The molecule has 0 fully saturated rings. The second-order valence-corrected chi connectivity index (χ2v) is 3.50. The van der Waals surface area contributed by atoms with Crippen molar-refractivity contribution in [3.63, 3.8) is 0 Å². The summed E-state index contributed by atoms with van der Waals surface area (Å²) in [7, 11) is 0. The van der Waals surface area contributed by atoms with Gasteiger partial charge in [0.15, 0.2) is 0 Å². The number of alkyl halides is 2. The van der Waals surface area contributed by atoms with Gasteiger partial charge in [0.1, 0.15) is 0 Å². The van der Waals surface area contributed by atoms with Gasteiger partial charge >= 0.3 is 63.0 Å². The van der Waals surface area contributed by atoms with Gasteiger partial charge in [-0.25, -0.2) is 0 Å². The van der Waals surface area contributed by atoms with E-state index in [-0.39, 0.29) is 6.42 Å². The van der Waals surface area contributed by atoms with E-state index in [0.29, 0.717) is 6.42 Å². The van der Waals surface area contributed by atoms with Crippen molar-refractivity contribution in [1.29, 1.82) is 0 Å². The molecule has 0 nitrogen and oxygen atoms in total. The van der Waals surface area contributed by atoms with Gasteiger partial charge in [0.25, 0.3) is 0 Å². The molecule has 0 aromatic heterocycles. The molecule has 0 amide bonds. The molecule has 0 aliphatic carbocycles. The number of halogens is 2. The summed E-state index contributed by atoms with van der Waals surface area (Å²) in [6.45, 7) is 2.00. The molecule has 3 radical (unpaired) electrons. The van der Waals surface area contributed by atoms with Crippen LogP contribution in [0, 0.1) is 0 Å². The van der Waals surface area contributed by atoms with E-state index in [2.05, 4.69) is 0 Å². The molecule has 0 aromatic carbocycles. The summed E-state index contributed by atoms with van der Waals surface area (Å²) in [5.74, 6) is 0. The molecular formula is C6H11AsF2+. The van der Waals surface area contributed by atoms with E-state index < -0.39 is 4.71 Å². The first kappa shape index (κ1) is 9.42. The fourth-order valence-electron chi connectivity index (χ4n) is 0.588. The van der Waals surface area contributed by atoms with E-state index in [0.717, 1.165) is 12.8 Å². The van der Waals surface area contributed by atoms with Crippen molar-refractivity contribution in [1.82, 2.24) is 0 Å². The third kappa shape index (κ3) is 8.42. The van der Waals surface area contributed by atoms with Crippen LogP contribution in [0.15, 0.2) is 0 Å². The van der Waals surface area contributed by atoms with Crippen LogP contribution in [0.25, 0.3) is 0 Å². The Morgan fingerprint density at radius 2 is 1.89 bits per heavy atom. The van der Waals surface area contributed by atoms with Crippen molar-refractivity contribution in [2.75, 3.05) is 0 Å². The van der Waals surface area contributed by atoms with Gasteiger partial charge in [-0.15, -0.1) is 0 Å². The molecule has 3 heteroatoms. The first-order valence-corrected chi connectivity index (χ1v) is 4.10. The number of hydrogen-bond acceptors (Lipinski definition) is 0. The van der Waals surface area contributed by atoms with E-state index in [1.807, 2.05) is 6.92 Å². The summed E-state index contributed by atoms with van der Waals surface area (Å²) < 4.78 is 21.5. The SMILES string of the molecule is CCCCCC(F)(F)[As+]. The minimum atomic E-state index is -2.51. The molecule has 0 heterocycles. The standard InChI is InChI=1S/C6H11AsF2/c1-2-3-4-5-6(7,8)9/h2-5H2,1H3/q+1. The molecule has 0 unspecified atom stereocenters. The Kier molecular flexibility index (Phi) is 4.47. The molecule has 0 rings (SSSR count). The third-order valence-corrected chi connectivity index (χ3v) is 1.55. The van der Waals surface area contributed by atoms with E-state index in [1.54, 1.807) is 0 Å². The molecule has 0 saturated carbocycles. The van der Waals surface area contributed by atoms with E-state index in [1.165, 1.54) is 16.9 Å². The maximum atomic E-state index is 12.0. The molecule has 0 aromatic rings. The Morgan fingerprint density at radius 1 is 1.33 bits per heavy atom. The average Bonchev–Trinajstić information content (AvgIpc) is 1.63. The molecule has 0 bridgehead atoms. The summed E-state index contributed by atoms with van der Waals surface area (Å²) >= 11 is 1.41. The molecule has 0 saturated heterocycles. The first-order chi connectivity index (χ1) is 4.06.